The first kappa shape index (κ1) is 15.0. The fourth-order valence-electron chi connectivity index (χ4n) is 1.87. The van der Waals surface area contributed by atoms with Crippen LogP contribution in [0.4, 0.5) is 10.1 Å². The van der Waals surface area contributed by atoms with E-state index < -0.39 is 16.6 Å². The number of nitrogens with two attached hydrogens (primary N) is 1. The van der Waals surface area contributed by atoms with Crippen LogP contribution in [0.15, 0.2) is 41.3 Å². The van der Waals surface area contributed by atoms with Crippen molar-refractivity contribution in [1.29, 1.82) is 5.26 Å². The average Bonchev–Trinajstić information content (AvgIpc) is 2.46. The maximum atomic E-state index is 13.3. The van der Waals surface area contributed by atoms with Crippen molar-refractivity contribution in [1.82, 2.24) is 0 Å². The van der Waals surface area contributed by atoms with Crippen molar-refractivity contribution in [2.45, 2.75) is 10.6 Å². The molecule has 4 nitrogen and oxygen atoms in total. The normalized spacial score (nSPS) is 11.7. The van der Waals surface area contributed by atoms with E-state index in [0.717, 1.165) is 5.56 Å². The van der Waals surface area contributed by atoms with E-state index in [-0.39, 0.29) is 11.4 Å². The number of anilines is 1. The lowest BCUT2D eigenvalue weighted by molar-refractivity contribution is 0.413. The second-order valence-corrected chi connectivity index (χ2v) is 5.81. The number of nitrogens with zero attached hydrogens (tertiary/aromatic N) is 1. The molecule has 1 atom stereocenters. The van der Waals surface area contributed by atoms with Gasteiger partial charge in [0, 0.05) is 10.6 Å². The summed E-state index contributed by atoms with van der Waals surface area (Å²) in [6.45, 7) is 0. The van der Waals surface area contributed by atoms with E-state index in [1.54, 1.807) is 18.2 Å². The molecule has 21 heavy (non-hydrogen) atoms. The number of benzene rings is 2. The van der Waals surface area contributed by atoms with Gasteiger partial charge in [-0.05, 0) is 35.9 Å². The lowest BCUT2D eigenvalue weighted by Crippen LogP contribution is -2.00. The van der Waals surface area contributed by atoms with Crippen molar-refractivity contribution in [3.8, 4) is 11.8 Å². The van der Waals surface area contributed by atoms with Crippen LogP contribution in [-0.4, -0.2) is 11.3 Å². The van der Waals surface area contributed by atoms with Crippen molar-refractivity contribution in [3.63, 3.8) is 0 Å². The van der Waals surface area contributed by atoms with Crippen molar-refractivity contribution in [3.05, 3.63) is 53.3 Å². The van der Waals surface area contributed by atoms with Gasteiger partial charge in [-0.3, -0.25) is 4.21 Å². The lowest BCUT2D eigenvalue weighted by Gasteiger charge is -2.07. The minimum atomic E-state index is -1.43. The van der Waals surface area contributed by atoms with Gasteiger partial charge in [0.05, 0.1) is 29.2 Å². The molecule has 2 N–H and O–H groups in total. The number of methoxy groups -OCH3 is 1. The molecule has 0 fully saturated rings. The van der Waals surface area contributed by atoms with E-state index in [1.807, 2.05) is 6.07 Å². The molecule has 108 valence electrons. The molecule has 0 saturated carbocycles. The molecule has 0 aliphatic carbocycles. The molecule has 0 heterocycles. The Morgan fingerprint density at radius 3 is 2.71 bits per heavy atom. The molecule has 2 aromatic rings. The zero-order valence-corrected chi connectivity index (χ0v) is 12.1. The van der Waals surface area contributed by atoms with Crippen LogP contribution in [0, 0.1) is 17.1 Å². The maximum Gasteiger partial charge on any atom is 0.136 e. The predicted octanol–water partition coefficient (Wildman–Crippen LogP) is 2.60. The van der Waals surface area contributed by atoms with Crippen LogP contribution in [0.25, 0.3) is 0 Å². The Kier molecular flexibility index (Phi) is 4.55. The number of nitriles is 1. The molecule has 1 unspecified atom stereocenters. The summed E-state index contributed by atoms with van der Waals surface area (Å²) in [5, 5.41) is 8.92. The number of nitrogen functional groups attached to an aromatic ring is 1. The third-order valence-corrected chi connectivity index (χ3v) is 4.20. The number of ether oxygens (including phenoxy) is 1. The van der Waals surface area contributed by atoms with Crippen LogP contribution >= 0.6 is 0 Å². The Morgan fingerprint density at radius 1 is 1.33 bits per heavy atom. The molecule has 2 rings (SSSR count). The highest BCUT2D eigenvalue weighted by Crippen LogP contribution is 2.22. The summed E-state index contributed by atoms with van der Waals surface area (Å²) in [7, 11) is 0.0303. The largest absolute Gasteiger partial charge is 0.495 e. The van der Waals surface area contributed by atoms with Crippen molar-refractivity contribution >= 4 is 16.5 Å². The summed E-state index contributed by atoms with van der Waals surface area (Å²) in [4.78, 5) is 0.329. The first-order valence-corrected chi connectivity index (χ1v) is 7.37. The van der Waals surface area contributed by atoms with Gasteiger partial charge in [-0.2, -0.15) is 5.26 Å². The summed E-state index contributed by atoms with van der Waals surface area (Å²) in [6.07, 6.45) is 0. The Bertz CT molecular complexity index is 721. The monoisotopic (exact) mass is 304 g/mol. The fraction of sp³-hybridized carbons (Fsp3) is 0.133. The zero-order valence-electron chi connectivity index (χ0n) is 11.3. The molecule has 0 amide bonds. The number of rotatable bonds is 4. The average molecular weight is 304 g/mol. The van der Waals surface area contributed by atoms with Gasteiger partial charge in [-0.15, -0.1) is 0 Å². The van der Waals surface area contributed by atoms with Gasteiger partial charge in [0.2, 0.25) is 0 Å². The predicted molar refractivity (Wildman–Crippen MR) is 78.6 cm³/mol. The minimum Gasteiger partial charge on any atom is -0.495 e. The molecule has 0 bridgehead atoms. The number of halogens is 1. The molecule has 0 spiro atoms. The van der Waals surface area contributed by atoms with Crippen molar-refractivity contribution < 1.29 is 13.3 Å². The van der Waals surface area contributed by atoms with E-state index in [2.05, 4.69) is 0 Å². The van der Waals surface area contributed by atoms with E-state index in [0.29, 0.717) is 16.2 Å². The quantitative estimate of drug-likeness (QED) is 0.881. The van der Waals surface area contributed by atoms with E-state index >= 15 is 0 Å². The van der Waals surface area contributed by atoms with Gasteiger partial charge in [-0.1, -0.05) is 6.07 Å². The number of hydrogen-bond acceptors (Lipinski definition) is 4. The Labute approximate surface area is 124 Å². The van der Waals surface area contributed by atoms with Gasteiger partial charge >= 0.3 is 0 Å². The van der Waals surface area contributed by atoms with Crippen molar-refractivity contribution in [2.24, 2.45) is 0 Å². The lowest BCUT2D eigenvalue weighted by atomic mass is 10.1. The van der Waals surface area contributed by atoms with E-state index in [9.17, 15) is 8.60 Å². The van der Waals surface area contributed by atoms with Crippen molar-refractivity contribution in [2.75, 3.05) is 12.8 Å². The Morgan fingerprint density at radius 2 is 2.10 bits per heavy atom. The van der Waals surface area contributed by atoms with Gasteiger partial charge in [0.1, 0.15) is 17.6 Å². The summed E-state index contributed by atoms with van der Waals surface area (Å²) in [5.74, 6) is 0.0897. The van der Waals surface area contributed by atoms with Crippen LogP contribution in [0.5, 0.6) is 5.75 Å². The highest BCUT2D eigenvalue weighted by atomic mass is 32.2. The van der Waals surface area contributed by atoms with Gasteiger partial charge in [0.15, 0.2) is 0 Å². The van der Waals surface area contributed by atoms with Gasteiger partial charge in [-0.25, -0.2) is 4.39 Å². The highest BCUT2D eigenvalue weighted by Gasteiger charge is 2.10. The molecule has 0 saturated heterocycles. The van der Waals surface area contributed by atoms with Crippen LogP contribution in [0.1, 0.15) is 11.1 Å². The van der Waals surface area contributed by atoms with Crippen LogP contribution in [-0.2, 0) is 16.6 Å². The molecule has 0 aliphatic heterocycles. The van der Waals surface area contributed by atoms with E-state index in [4.69, 9.17) is 15.7 Å². The van der Waals surface area contributed by atoms with Gasteiger partial charge < -0.3 is 10.5 Å². The summed E-state index contributed by atoms with van der Waals surface area (Å²) in [5.41, 5.74) is 6.91. The second kappa shape index (κ2) is 6.37. The highest BCUT2D eigenvalue weighted by molar-refractivity contribution is 7.84. The van der Waals surface area contributed by atoms with Crippen LogP contribution in [0.3, 0.4) is 0 Å². The first-order chi connectivity index (χ1) is 10.0. The topological polar surface area (TPSA) is 76.1 Å². The summed E-state index contributed by atoms with van der Waals surface area (Å²) in [6, 6.07) is 10.8. The molecular weight excluding hydrogens is 291 g/mol. The third-order valence-electron chi connectivity index (χ3n) is 2.84. The fourth-order valence-corrected chi connectivity index (χ4v) is 3.03. The molecular formula is C15H13FN2O2S. The second-order valence-electron chi connectivity index (χ2n) is 4.36. The van der Waals surface area contributed by atoms with Crippen LogP contribution < -0.4 is 10.5 Å². The zero-order chi connectivity index (χ0) is 15.4. The number of hydrogen-bond donors (Lipinski definition) is 1. The molecule has 2 aromatic carbocycles. The SMILES string of the molecule is COc1cc(CS(=O)c2cc(N)cc(F)c2)ccc1C#N. The summed E-state index contributed by atoms with van der Waals surface area (Å²) >= 11 is 0. The standard InChI is InChI=1S/C15H13FN2O2S/c1-20-15-4-10(2-3-11(15)8-17)9-21(19)14-6-12(16)5-13(18)7-14/h2-7H,9,18H2,1H3. The van der Waals surface area contributed by atoms with Crippen LogP contribution in [0.2, 0.25) is 0 Å². The van der Waals surface area contributed by atoms with Gasteiger partial charge in [0.25, 0.3) is 0 Å². The smallest absolute Gasteiger partial charge is 0.136 e. The molecule has 6 heteroatoms. The minimum absolute atomic E-state index is 0.185. The third kappa shape index (κ3) is 3.58. The molecule has 0 aromatic heterocycles. The maximum absolute atomic E-state index is 13.3. The summed E-state index contributed by atoms with van der Waals surface area (Å²) < 4.78 is 30.6. The Hall–Kier alpha value is -2.39. The van der Waals surface area contributed by atoms with E-state index in [1.165, 1.54) is 25.3 Å². The Balaban J connectivity index is 2.25. The molecule has 0 aliphatic rings. The molecule has 0 radical (unpaired) electrons. The first-order valence-electron chi connectivity index (χ1n) is 6.05.